The molecular formula is C15H15N3O2. The average molecular weight is 269 g/mol. The molecule has 20 heavy (non-hydrogen) atoms. The zero-order chi connectivity index (χ0) is 14.4. The summed E-state index contributed by atoms with van der Waals surface area (Å²) in [5.41, 5.74) is 2.93. The molecule has 0 radical (unpaired) electrons. The number of nitrogens with zero attached hydrogens (tertiary/aromatic N) is 1. The minimum Gasteiger partial charge on any atom is -0.395 e. The second kappa shape index (κ2) is 6.55. The molecule has 1 aromatic carbocycles. The van der Waals surface area contributed by atoms with Crippen LogP contribution < -0.4 is 5.32 Å². The van der Waals surface area contributed by atoms with Gasteiger partial charge in [-0.2, -0.15) is 5.10 Å². The van der Waals surface area contributed by atoms with Gasteiger partial charge in [-0.15, -0.1) is 0 Å². The Kier molecular flexibility index (Phi) is 4.53. The van der Waals surface area contributed by atoms with Gasteiger partial charge in [-0.25, -0.2) is 0 Å². The van der Waals surface area contributed by atoms with E-state index in [0.29, 0.717) is 12.1 Å². The van der Waals surface area contributed by atoms with Crippen molar-refractivity contribution < 1.29 is 9.90 Å². The Bertz CT molecular complexity index is 651. The fourth-order valence-electron chi connectivity index (χ4n) is 1.67. The molecule has 1 heterocycles. The number of carbonyl (C=O) groups is 1. The number of carbonyl (C=O) groups excluding carboxylic acids is 1. The maximum absolute atomic E-state index is 11.9. The number of aromatic amines is 1. The smallest absolute Gasteiger partial charge is 0.273 e. The van der Waals surface area contributed by atoms with E-state index in [-0.39, 0.29) is 12.5 Å². The maximum atomic E-state index is 11.9. The first-order chi connectivity index (χ1) is 9.70. The van der Waals surface area contributed by atoms with Gasteiger partial charge < -0.3 is 10.4 Å². The first kappa shape index (κ1) is 13.8. The molecule has 0 aliphatic rings. The van der Waals surface area contributed by atoms with Crippen LogP contribution in [-0.4, -0.2) is 27.8 Å². The molecule has 102 valence electrons. The number of benzene rings is 1. The highest BCUT2D eigenvalue weighted by molar-refractivity contribution is 6.03. The van der Waals surface area contributed by atoms with Crippen molar-refractivity contribution in [2.75, 3.05) is 11.9 Å². The summed E-state index contributed by atoms with van der Waals surface area (Å²) >= 11 is 0. The molecule has 5 heteroatoms. The Labute approximate surface area is 117 Å². The lowest BCUT2D eigenvalue weighted by molar-refractivity contribution is 0.102. The molecule has 0 aliphatic heterocycles. The number of aryl methyl sites for hydroxylation is 1. The highest BCUT2D eigenvalue weighted by Gasteiger charge is 2.08. The molecule has 0 bridgehead atoms. The molecule has 0 saturated carbocycles. The SMILES string of the molecule is Cc1cc(C#CCCO)ccc1NC(=O)c1ccn[nH]1. The number of hydrogen-bond acceptors (Lipinski definition) is 3. The summed E-state index contributed by atoms with van der Waals surface area (Å²) in [6.45, 7) is 1.96. The summed E-state index contributed by atoms with van der Waals surface area (Å²) in [5.74, 6) is 5.58. The zero-order valence-electron chi connectivity index (χ0n) is 11.1. The minimum absolute atomic E-state index is 0.0598. The van der Waals surface area contributed by atoms with Gasteiger partial charge in [-0.3, -0.25) is 9.89 Å². The molecule has 0 fully saturated rings. The molecule has 5 nitrogen and oxygen atoms in total. The summed E-state index contributed by atoms with van der Waals surface area (Å²) in [5, 5.41) is 17.8. The first-order valence-electron chi connectivity index (χ1n) is 6.22. The van der Waals surface area contributed by atoms with Crippen LogP contribution in [0.4, 0.5) is 5.69 Å². The number of nitrogens with one attached hydrogen (secondary N) is 2. The molecule has 0 saturated heterocycles. The van der Waals surface area contributed by atoms with Crippen LogP contribution in [0.3, 0.4) is 0 Å². The van der Waals surface area contributed by atoms with Crippen molar-refractivity contribution in [2.45, 2.75) is 13.3 Å². The van der Waals surface area contributed by atoms with E-state index in [1.165, 1.54) is 6.20 Å². The summed E-state index contributed by atoms with van der Waals surface area (Å²) in [6, 6.07) is 7.15. The van der Waals surface area contributed by atoms with E-state index in [2.05, 4.69) is 27.4 Å². The van der Waals surface area contributed by atoms with E-state index in [1.54, 1.807) is 6.07 Å². The van der Waals surface area contributed by atoms with E-state index >= 15 is 0 Å². The number of amides is 1. The number of rotatable bonds is 3. The number of hydrogen-bond donors (Lipinski definition) is 3. The van der Waals surface area contributed by atoms with Crippen LogP contribution in [0.5, 0.6) is 0 Å². The van der Waals surface area contributed by atoms with Gasteiger partial charge in [0.2, 0.25) is 0 Å². The molecule has 0 atom stereocenters. The number of aliphatic hydroxyl groups is 1. The highest BCUT2D eigenvalue weighted by Crippen LogP contribution is 2.16. The number of H-pyrrole nitrogens is 1. The van der Waals surface area contributed by atoms with E-state index in [0.717, 1.165) is 16.8 Å². The standard InChI is InChI=1S/C15H15N3O2/c1-11-10-12(4-2-3-9-19)5-6-13(11)17-15(20)14-7-8-16-18-14/h5-8,10,19H,3,9H2,1H3,(H,16,18)(H,17,20). The number of anilines is 1. The Balaban J connectivity index is 2.11. The van der Waals surface area contributed by atoms with Gasteiger partial charge in [0.1, 0.15) is 5.69 Å². The second-order valence-electron chi connectivity index (χ2n) is 4.23. The van der Waals surface area contributed by atoms with E-state index in [1.807, 2.05) is 25.1 Å². The molecular weight excluding hydrogens is 254 g/mol. The van der Waals surface area contributed by atoms with Crippen LogP contribution >= 0.6 is 0 Å². The topological polar surface area (TPSA) is 78.0 Å². The maximum Gasteiger partial charge on any atom is 0.273 e. The molecule has 1 amide bonds. The Hall–Kier alpha value is -2.58. The summed E-state index contributed by atoms with van der Waals surface area (Å²) in [6.07, 6.45) is 1.99. The van der Waals surface area contributed by atoms with Crippen molar-refractivity contribution in [1.82, 2.24) is 10.2 Å². The first-order valence-corrected chi connectivity index (χ1v) is 6.22. The third-order valence-electron chi connectivity index (χ3n) is 2.69. The van der Waals surface area contributed by atoms with Gasteiger partial charge in [0.15, 0.2) is 0 Å². The van der Waals surface area contributed by atoms with Gasteiger partial charge in [0.05, 0.1) is 6.61 Å². The zero-order valence-corrected chi connectivity index (χ0v) is 11.1. The monoisotopic (exact) mass is 269 g/mol. The van der Waals surface area contributed by atoms with Gasteiger partial charge in [0, 0.05) is 23.9 Å². The second-order valence-corrected chi connectivity index (χ2v) is 4.23. The summed E-state index contributed by atoms with van der Waals surface area (Å²) in [7, 11) is 0. The molecule has 3 N–H and O–H groups in total. The van der Waals surface area contributed by atoms with Gasteiger partial charge in [-0.05, 0) is 36.8 Å². The van der Waals surface area contributed by atoms with Crippen LogP contribution in [0.15, 0.2) is 30.5 Å². The lowest BCUT2D eigenvalue weighted by atomic mass is 10.1. The predicted octanol–water partition coefficient (Wildman–Crippen LogP) is 1.70. The minimum atomic E-state index is -0.232. The largest absolute Gasteiger partial charge is 0.395 e. The molecule has 2 rings (SSSR count). The normalized spacial score (nSPS) is 9.70. The summed E-state index contributed by atoms with van der Waals surface area (Å²) < 4.78 is 0. The van der Waals surface area contributed by atoms with Crippen LogP contribution in [0.2, 0.25) is 0 Å². The van der Waals surface area contributed by atoms with E-state index in [4.69, 9.17) is 5.11 Å². The van der Waals surface area contributed by atoms with Crippen molar-refractivity contribution in [2.24, 2.45) is 0 Å². The Morgan fingerprint density at radius 3 is 2.95 bits per heavy atom. The fourth-order valence-corrected chi connectivity index (χ4v) is 1.67. The molecule has 1 aromatic heterocycles. The van der Waals surface area contributed by atoms with Crippen LogP contribution in [0.25, 0.3) is 0 Å². The lowest BCUT2D eigenvalue weighted by Crippen LogP contribution is -2.13. The number of aromatic nitrogens is 2. The van der Waals surface area contributed by atoms with Crippen LogP contribution in [-0.2, 0) is 0 Å². The molecule has 0 spiro atoms. The Morgan fingerprint density at radius 2 is 2.30 bits per heavy atom. The highest BCUT2D eigenvalue weighted by atomic mass is 16.2. The van der Waals surface area contributed by atoms with Crippen LogP contribution in [0, 0.1) is 18.8 Å². The van der Waals surface area contributed by atoms with Gasteiger partial charge >= 0.3 is 0 Å². The summed E-state index contributed by atoms with van der Waals surface area (Å²) in [4.78, 5) is 11.9. The van der Waals surface area contributed by atoms with Crippen molar-refractivity contribution >= 4 is 11.6 Å². The predicted molar refractivity (Wildman–Crippen MR) is 76.3 cm³/mol. The average Bonchev–Trinajstić information content (AvgIpc) is 2.96. The lowest BCUT2D eigenvalue weighted by Gasteiger charge is -2.07. The van der Waals surface area contributed by atoms with Crippen LogP contribution in [0.1, 0.15) is 28.0 Å². The van der Waals surface area contributed by atoms with Crippen molar-refractivity contribution in [1.29, 1.82) is 0 Å². The number of aliphatic hydroxyl groups excluding tert-OH is 1. The molecule has 2 aromatic rings. The third-order valence-corrected chi connectivity index (χ3v) is 2.69. The third kappa shape index (κ3) is 3.46. The van der Waals surface area contributed by atoms with Crippen molar-refractivity contribution in [3.8, 4) is 11.8 Å². The van der Waals surface area contributed by atoms with E-state index in [9.17, 15) is 4.79 Å². The molecule has 0 aliphatic carbocycles. The fraction of sp³-hybridized carbons (Fsp3) is 0.200. The van der Waals surface area contributed by atoms with Crippen molar-refractivity contribution in [3.63, 3.8) is 0 Å². The quantitative estimate of drug-likeness (QED) is 0.742. The molecule has 0 unspecified atom stereocenters. The van der Waals surface area contributed by atoms with Gasteiger partial charge in [0.25, 0.3) is 5.91 Å². The Morgan fingerprint density at radius 1 is 1.45 bits per heavy atom. The van der Waals surface area contributed by atoms with E-state index < -0.39 is 0 Å². The van der Waals surface area contributed by atoms with Crippen molar-refractivity contribution in [3.05, 3.63) is 47.3 Å². The van der Waals surface area contributed by atoms with Gasteiger partial charge in [-0.1, -0.05) is 11.8 Å².